The van der Waals surface area contributed by atoms with E-state index in [4.69, 9.17) is 0 Å². The van der Waals surface area contributed by atoms with Crippen LogP contribution in [0.4, 0.5) is 0 Å². The van der Waals surface area contributed by atoms with Gasteiger partial charge in [0, 0.05) is 26.6 Å². The zero-order valence-corrected chi connectivity index (χ0v) is 9.63. The van der Waals surface area contributed by atoms with Crippen LogP contribution in [0, 0.1) is 0 Å². The van der Waals surface area contributed by atoms with Crippen molar-refractivity contribution < 1.29 is 9.90 Å². The number of amides is 1. The van der Waals surface area contributed by atoms with Crippen molar-refractivity contribution in [2.45, 2.75) is 32.8 Å². The summed E-state index contributed by atoms with van der Waals surface area (Å²) in [5.74, 6) is 0.0630. The smallest absolute Gasteiger partial charge is 0.223 e. The van der Waals surface area contributed by atoms with Gasteiger partial charge in [-0.3, -0.25) is 4.79 Å². The maximum Gasteiger partial charge on any atom is 0.223 e. The zero-order valence-electron chi connectivity index (χ0n) is 9.63. The minimum Gasteiger partial charge on any atom is -0.389 e. The van der Waals surface area contributed by atoms with Gasteiger partial charge in [0.15, 0.2) is 0 Å². The molecule has 0 aromatic carbocycles. The number of aliphatic hydroxyl groups is 1. The summed E-state index contributed by atoms with van der Waals surface area (Å²) in [6, 6.07) is 0. The predicted molar refractivity (Wildman–Crippen MR) is 57.1 cm³/mol. The summed E-state index contributed by atoms with van der Waals surface area (Å²) in [5, 5.41) is 12.6. The Balaban J connectivity index is 3.77. The lowest BCUT2D eigenvalue weighted by atomic mass is 10.1. The van der Waals surface area contributed by atoms with Gasteiger partial charge in [-0.15, -0.1) is 0 Å². The number of nitrogens with zero attached hydrogens (tertiary/aromatic N) is 1. The predicted octanol–water partition coefficient (Wildman–Crippen LogP) is 0.215. The first-order valence-electron chi connectivity index (χ1n) is 5.04. The molecule has 4 nitrogen and oxygen atoms in total. The third-order valence-corrected chi connectivity index (χ3v) is 1.82. The molecule has 0 aromatic heterocycles. The van der Waals surface area contributed by atoms with Crippen molar-refractivity contribution in [1.29, 1.82) is 0 Å². The second-order valence-electron chi connectivity index (χ2n) is 4.17. The molecule has 0 aliphatic carbocycles. The number of nitrogens with one attached hydrogen (secondary N) is 1. The average molecular weight is 202 g/mol. The summed E-state index contributed by atoms with van der Waals surface area (Å²) in [4.78, 5) is 13.0. The third-order valence-electron chi connectivity index (χ3n) is 1.82. The maximum atomic E-state index is 11.5. The van der Waals surface area contributed by atoms with E-state index in [0.717, 1.165) is 6.54 Å². The molecule has 0 aliphatic heterocycles. The van der Waals surface area contributed by atoms with Crippen LogP contribution in [-0.4, -0.2) is 48.2 Å². The van der Waals surface area contributed by atoms with Gasteiger partial charge in [0.1, 0.15) is 0 Å². The van der Waals surface area contributed by atoms with Crippen LogP contribution in [0.25, 0.3) is 0 Å². The summed E-state index contributed by atoms with van der Waals surface area (Å²) in [5.41, 5.74) is -0.817. The monoisotopic (exact) mass is 202 g/mol. The van der Waals surface area contributed by atoms with E-state index >= 15 is 0 Å². The number of likely N-dealkylation sites (N-methyl/N-ethyl adjacent to an activating group) is 1. The molecular weight excluding hydrogens is 180 g/mol. The maximum absolute atomic E-state index is 11.5. The minimum atomic E-state index is -0.817. The van der Waals surface area contributed by atoms with Gasteiger partial charge in [-0.25, -0.2) is 0 Å². The molecule has 4 heteroatoms. The molecule has 0 radical (unpaired) electrons. The van der Waals surface area contributed by atoms with E-state index < -0.39 is 5.60 Å². The van der Waals surface area contributed by atoms with E-state index in [1.165, 1.54) is 0 Å². The third kappa shape index (κ3) is 6.86. The van der Waals surface area contributed by atoms with E-state index in [1.54, 1.807) is 25.8 Å². The summed E-state index contributed by atoms with van der Waals surface area (Å²) < 4.78 is 0. The van der Waals surface area contributed by atoms with E-state index in [-0.39, 0.29) is 5.91 Å². The first kappa shape index (κ1) is 13.4. The van der Waals surface area contributed by atoms with Crippen molar-refractivity contribution in [2.24, 2.45) is 0 Å². The lowest BCUT2D eigenvalue weighted by molar-refractivity contribution is -0.132. The van der Waals surface area contributed by atoms with Gasteiger partial charge >= 0.3 is 0 Å². The average Bonchev–Trinajstić information content (AvgIpc) is 2.01. The molecule has 0 unspecified atom stereocenters. The van der Waals surface area contributed by atoms with E-state index in [2.05, 4.69) is 5.32 Å². The fourth-order valence-electron chi connectivity index (χ4n) is 1.23. The first-order chi connectivity index (χ1) is 6.37. The van der Waals surface area contributed by atoms with E-state index in [0.29, 0.717) is 19.5 Å². The highest BCUT2D eigenvalue weighted by Gasteiger charge is 2.18. The normalized spacial score (nSPS) is 11.5. The highest BCUT2D eigenvalue weighted by Crippen LogP contribution is 2.03. The number of carbonyl (C=O) groups is 1. The van der Waals surface area contributed by atoms with Gasteiger partial charge in [0.25, 0.3) is 0 Å². The number of carbonyl (C=O) groups excluding carboxylic acids is 1. The molecule has 0 saturated heterocycles. The van der Waals surface area contributed by atoms with Crippen LogP contribution < -0.4 is 5.32 Å². The molecule has 0 aliphatic rings. The molecule has 2 N–H and O–H groups in total. The lowest BCUT2D eigenvalue weighted by Gasteiger charge is -2.25. The molecule has 0 rings (SSSR count). The molecule has 0 heterocycles. The Morgan fingerprint density at radius 3 is 2.50 bits per heavy atom. The van der Waals surface area contributed by atoms with Crippen molar-refractivity contribution in [3.05, 3.63) is 0 Å². The zero-order chi connectivity index (χ0) is 11.2. The lowest BCUT2D eigenvalue weighted by Crippen LogP contribution is -2.40. The number of hydrogen-bond acceptors (Lipinski definition) is 3. The van der Waals surface area contributed by atoms with E-state index in [9.17, 15) is 9.90 Å². The van der Waals surface area contributed by atoms with Crippen LogP contribution in [0.5, 0.6) is 0 Å². The molecule has 84 valence electrons. The molecule has 0 saturated carbocycles. The van der Waals surface area contributed by atoms with Gasteiger partial charge in [-0.1, -0.05) is 6.92 Å². The van der Waals surface area contributed by atoms with Crippen LogP contribution >= 0.6 is 0 Å². The van der Waals surface area contributed by atoms with Crippen LogP contribution in [0.15, 0.2) is 0 Å². The van der Waals surface area contributed by atoms with Gasteiger partial charge in [-0.05, 0) is 20.4 Å². The Bertz CT molecular complexity index is 175. The quantitative estimate of drug-likeness (QED) is 0.606. The topological polar surface area (TPSA) is 52.6 Å². The fourth-order valence-corrected chi connectivity index (χ4v) is 1.23. The second kappa shape index (κ2) is 5.98. The first-order valence-corrected chi connectivity index (χ1v) is 5.04. The van der Waals surface area contributed by atoms with Crippen LogP contribution in [0.2, 0.25) is 0 Å². The Morgan fingerprint density at radius 1 is 1.50 bits per heavy atom. The Kier molecular flexibility index (Phi) is 5.72. The van der Waals surface area contributed by atoms with Crippen molar-refractivity contribution in [3.8, 4) is 0 Å². The van der Waals surface area contributed by atoms with Gasteiger partial charge < -0.3 is 15.3 Å². The Morgan fingerprint density at radius 2 is 2.07 bits per heavy atom. The van der Waals surface area contributed by atoms with Gasteiger partial charge in [-0.2, -0.15) is 0 Å². The second-order valence-corrected chi connectivity index (χ2v) is 4.17. The van der Waals surface area contributed by atoms with E-state index in [1.807, 2.05) is 6.92 Å². The Labute approximate surface area is 86.3 Å². The molecule has 0 bridgehead atoms. The molecule has 1 amide bonds. The SMILES string of the molecule is CCNCCC(=O)N(C)CC(C)(C)O. The van der Waals surface area contributed by atoms with Crippen LogP contribution in [0.1, 0.15) is 27.2 Å². The highest BCUT2D eigenvalue weighted by atomic mass is 16.3. The number of hydrogen-bond donors (Lipinski definition) is 2. The Hall–Kier alpha value is -0.610. The molecule has 0 fully saturated rings. The largest absolute Gasteiger partial charge is 0.389 e. The molecule has 0 spiro atoms. The molecule has 0 atom stereocenters. The molecule has 0 aromatic rings. The summed E-state index contributed by atoms with van der Waals surface area (Å²) >= 11 is 0. The van der Waals surface area contributed by atoms with Crippen LogP contribution in [-0.2, 0) is 4.79 Å². The summed E-state index contributed by atoms with van der Waals surface area (Å²) in [7, 11) is 1.71. The van der Waals surface area contributed by atoms with Crippen LogP contribution in [0.3, 0.4) is 0 Å². The standard InChI is InChI=1S/C10H22N2O2/c1-5-11-7-6-9(13)12(4)8-10(2,3)14/h11,14H,5-8H2,1-4H3. The fraction of sp³-hybridized carbons (Fsp3) is 0.900. The number of rotatable bonds is 6. The van der Waals surface area contributed by atoms with Crippen molar-refractivity contribution >= 4 is 5.91 Å². The highest BCUT2D eigenvalue weighted by molar-refractivity contribution is 5.76. The molecular formula is C10H22N2O2. The van der Waals surface area contributed by atoms with Crippen molar-refractivity contribution in [1.82, 2.24) is 10.2 Å². The summed E-state index contributed by atoms with van der Waals surface area (Å²) in [6.45, 7) is 7.35. The minimum absolute atomic E-state index is 0.0630. The van der Waals surface area contributed by atoms with Gasteiger partial charge in [0.2, 0.25) is 5.91 Å². The molecule has 14 heavy (non-hydrogen) atoms. The van der Waals surface area contributed by atoms with Crippen molar-refractivity contribution in [2.75, 3.05) is 26.7 Å². The van der Waals surface area contributed by atoms with Crippen molar-refractivity contribution in [3.63, 3.8) is 0 Å². The van der Waals surface area contributed by atoms with Gasteiger partial charge in [0.05, 0.1) is 5.60 Å². The summed E-state index contributed by atoms with van der Waals surface area (Å²) in [6.07, 6.45) is 0.487.